The molecular weight excluding hydrogens is 472 g/mol. The monoisotopic (exact) mass is 508 g/mol. The average molecular weight is 509 g/mol. The first kappa shape index (κ1) is 29.1. The maximum Gasteiger partial charge on any atom is 0.274 e. The second kappa shape index (κ2) is 13.3. The molecule has 3 N–H and O–H groups in total. The molecule has 0 aliphatic heterocycles. The van der Waals surface area contributed by atoms with Crippen LogP contribution in [0, 0.1) is 17.3 Å². The average Bonchev–Trinajstić information content (AvgIpc) is 3.39. The quantitative estimate of drug-likeness (QED) is 0.261. The fourth-order valence-corrected chi connectivity index (χ4v) is 3.78. The number of ketones is 2. The summed E-state index contributed by atoms with van der Waals surface area (Å²) in [6.07, 6.45) is 2.21. The number of nitrogens with one attached hydrogen (secondary N) is 3. The molecule has 12 heteroatoms. The van der Waals surface area contributed by atoms with Crippen molar-refractivity contribution < 1.29 is 38.0 Å². The second-order valence-electron chi connectivity index (χ2n) is 9.76. The Morgan fingerprint density at radius 1 is 1.11 bits per heavy atom. The van der Waals surface area contributed by atoms with E-state index in [1.807, 2.05) is 20.8 Å². The zero-order chi connectivity index (χ0) is 26.9. The van der Waals surface area contributed by atoms with E-state index in [-0.39, 0.29) is 42.9 Å². The van der Waals surface area contributed by atoms with Gasteiger partial charge in [-0.3, -0.25) is 29.3 Å². The van der Waals surface area contributed by atoms with Crippen LogP contribution < -0.4 is 16.0 Å². The molecule has 1 saturated carbocycles. The van der Waals surface area contributed by atoms with Crippen LogP contribution in [0.15, 0.2) is 10.6 Å². The van der Waals surface area contributed by atoms with E-state index in [9.17, 15) is 24.0 Å². The van der Waals surface area contributed by atoms with E-state index >= 15 is 0 Å². The summed E-state index contributed by atoms with van der Waals surface area (Å²) in [4.78, 5) is 62.2. The SMILES string of the molecule is COC[C@H](CC(=O)[C@H](COC)NC(=O)c1cc(NC=O)on1)C(=O)N[C@@H](CC(C)C)C(=O)C1(C)CC1. The Hall–Kier alpha value is -3.12. The summed E-state index contributed by atoms with van der Waals surface area (Å²) >= 11 is 0. The van der Waals surface area contributed by atoms with Crippen LogP contribution in [-0.2, 0) is 28.7 Å². The lowest BCUT2D eigenvalue weighted by atomic mass is 9.90. The molecule has 36 heavy (non-hydrogen) atoms. The van der Waals surface area contributed by atoms with Crippen molar-refractivity contribution in [1.29, 1.82) is 0 Å². The normalized spacial score (nSPS) is 16.5. The molecule has 0 aromatic carbocycles. The number of methoxy groups -OCH3 is 2. The number of rotatable bonds is 17. The number of carbonyl (C=O) groups is 5. The zero-order valence-electron chi connectivity index (χ0n) is 21.4. The van der Waals surface area contributed by atoms with Crippen LogP contribution in [0.2, 0.25) is 0 Å². The van der Waals surface area contributed by atoms with Gasteiger partial charge in [-0.2, -0.15) is 0 Å². The highest BCUT2D eigenvalue weighted by Crippen LogP contribution is 2.47. The van der Waals surface area contributed by atoms with Crippen molar-refractivity contribution in [3.63, 3.8) is 0 Å². The van der Waals surface area contributed by atoms with Crippen LogP contribution in [0.3, 0.4) is 0 Å². The predicted octanol–water partition coefficient (Wildman–Crippen LogP) is 1.11. The number of Topliss-reactive ketones (excluding diaryl/α,β-unsaturated/α-hetero) is 2. The van der Waals surface area contributed by atoms with Crippen molar-refractivity contribution in [3.8, 4) is 0 Å². The zero-order valence-corrected chi connectivity index (χ0v) is 21.4. The van der Waals surface area contributed by atoms with E-state index in [2.05, 4.69) is 21.1 Å². The van der Waals surface area contributed by atoms with Gasteiger partial charge in [-0.1, -0.05) is 25.9 Å². The van der Waals surface area contributed by atoms with E-state index in [1.54, 1.807) is 0 Å². The van der Waals surface area contributed by atoms with Crippen LogP contribution in [0.25, 0.3) is 0 Å². The molecule has 1 aliphatic carbocycles. The lowest BCUT2D eigenvalue weighted by Gasteiger charge is -2.25. The first-order valence-electron chi connectivity index (χ1n) is 11.9. The highest BCUT2D eigenvalue weighted by atomic mass is 16.5. The van der Waals surface area contributed by atoms with Crippen LogP contribution in [-0.4, -0.2) is 74.5 Å². The molecule has 1 aliphatic rings. The summed E-state index contributed by atoms with van der Waals surface area (Å²) in [6, 6.07) is -0.520. The van der Waals surface area contributed by atoms with Crippen molar-refractivity contribution in [3.05, 3.63) is 11.8 Å². The van der Waals surface area contributed by atoms with Gasteiger partial charge in [0.05, 0.1) is 25.2 Å². The Morgan fingerprint density at radius 2 is 1.78 bits per heavy atom. The molecule has 0 bridgehead atoms. The molecule has 0 unspecified atom stereocenters. The molecule has 1 fully saturated rings. The van der Waals surface area contributed by atoms with E-state index < -0.39 is 41.0 Å². The Balaban J connectivity index is 2.08. The van der Waals surface area contributed by atoms with Gasteiger partial charge < -0.3 is 24.6 Å². The van der Waals surface area contributed by atoms with Gasteiger partial charge in [0.1, 0.15) is 6.04 Å². The summed E-state index contributed by atoms with van der Waals surface area (Å²) in [5, 5.41) is 11.1. The molecule has 3 amide bonds. The first-order chi connectivity index (χ1) is 17.0. The van der Waals surface area contributed by atoms with Crippen LogP contribution in [0.4, 0.5) is 5.88 Å². The first-order valence-corrected chi connectivity index (χ1v) is 11.9. The number of aromatic nitrogens is 1. The summed E-state index contributed by atoms with van der Waals surface area (Å²) in [7, 11) is 2.78. The standard InChI is InChI=1S/C24H36N4O8/c1-14(2)8-16(21(31)24(3)6-7-24)26-22(32)15(11-34-4)9-19(30)18(12-35-5)27-23(33)17-10-20(25-13-29)36-28-17/h10,13-16,18H,6-9,11-12H2,1-5H3,(H,25,29)(H,26,32)(H,27,33)/t15-,16-,18-/m0/s1. The third kappa shape index (κ3) is 8.23. The van der Waals surface area contributed by atoms with Crippen LogP contribution in [0.1, 0.15) is 56.9 Å². The highest BCUT2D eigenvalue weighted by Gasteiger charge is 2.48. The molecule has 12 nitrogen and oxygen atoms in total. The van der Waals surface area contributed by atoms with Crippen LogP contribution in [0.5, 0.6) is 0 Å². The minimum atomic E-state index is -1.08. The van der Waals surface area contributed by atoms with Crippen molar-refractivity contribution in [2.75, 3.05) is 32.8 Å². The second-order valence-corrected chi connectivity index (χ2v) is 9.76. The van der Waals surface area contributed by atoms with Gasteiger partial charge >= 0.3 is 0 Å². The molecule has 1 heterocycles. The molecule has 0 saturated heterocycles. The van der Waals surface area contributed by atoms with Crippen molar-refractivity contribution in [2.45, 2.75) is 58.5 Å². The Labute approximate surface area is 210 Å². The van der Waals surface area contributed by atoms with Gasteiger partial charge in [-0.15, -0.1) is 0 Å². The van der Waals surface area contributed by atoms with Gasteiger partial charge in [0.15, 0.2) is 17.3 Å². The van der Waals surface area contributed by atoms with Gasteiger partial charge in [-0.05, 0) is 25.2 Å². The summed E-state index contributed by atoms with van der Waals surface area (Å²) in [5.41, 5.74) is -0.557. The van der Waals surface area contributed by atoms with Gasteiger partial charge in [0.25, 0.3) is 5.91 Å². The number of ether oxygens (including phenoxy) is 2. The number of anilines is 1. The minimum Gasteiger partial charge on any atom is -0.384 e. The largest absolute Gasteiger partial charge is 0.384 e. The van der Waals surface area contributed by atoms with E-state index in [0.29, 0.717) is 12.8 Å². The smallest absolute Gasteiger partial charge is 0.274 e. The maximum atomic E-state index is 13.1. The van der Waals surface area contributed by atoms with E-state index in [1.165, 1.54) is 20.3 Å². The molecule has 0 spiro atoms. The number of carbonyl (C=O) groups excluding carboxylic acids is 5. The highest BCUT2D eigenvalue weighted by molar-refractivity contribution is 5.99. The minimum absolute atomic E-state index is 0.00705. The van der Waals surface area contributed by atoms with Crippen molar-refractivity contribution >= 4 is 35.7 Å². The Bertz CT molecular complexity index is 940. The van der Waals surface area contributed by atoms with E-state index in [4.69, 9.17) is 14.0 Å². The maximum absolute atomic E-state index is 13.1. The number of hydrogen-bond acceptors (Lipinski definition) is 9. The topological polar surface area (TPSA) is 166 Å². The molecule has 3 atom stereocenters. The molecule has 1 aromatic heterocycles. The van der Waals surface area contributed by atoms with Crippen LogP contribution >= 0.6 is 0 Å². The fourth-order valence-electron chi connectivity index (χ4n) is 3.78. The lowest BCUT2D eigenvalue weighted by molar-refractivity contribution is -0.135. The third-order valence-corrected chi connectivity index (χ3v) is 6.09. The third-order valence-electron chi connectivity index (χ3n) is 6.09. The summed E-state index contributed by atoms with van der Waals surface area (Å²) in [5.74, 6) is -2.36. The number of hydrogen-bond donors (Lipinski definition) is 3. The molecule has 0 radical (unpaired) electrons. The summed E-state index contributed by atoms with van der Waals surface area (Å²) in [6.45, 7) is 5.66. The summed E-state index contributed by atoms with van der Waals surface area (Å²) < 4.78 is 15.0. The predicted molar refractivity (Wildman–Crippen MR) is 128 cm³/mol. The molecular formula is C24H36N4O8. The molecule has 1 aromatic rings. The molecule has 2 rings (SSSR count). The van der Waals surface area contributed by atoms with Crippen molar-refractivity contribution in [2.24, 2.45) is 17.3 Å². The van der Waals surface area contributed by atoms with Gasteiger partial charge in [-0.25, -0.2) is 0 Å². The van der Waals surface area contributed by atoms with Gasteiger partial charge in [0, 0.05) is 32.1 Å². The number of nitrogens with zero attached hydrogens (tertiary/aromatic N) is 1. The Kier molecular flexibility index (Phi) is 10.7. The number of amides is 3. The molecule has 200 valence electrons. The Morgan fingerprint density at radius 3 is 2.33 bits per heavy atom. The van der Waals surface area contributed by atoms with E-state index in [0.717, 1.165) is 12.8 Å². The van der Waals surface area contributed by atoms with Crippen molar-refractivity contribution in [1.82, 2.24) is 15.8 Å². The van der Waals surface area contributed by atoms with Gasteiger partial charge in [0.2, 0.25) is 18.2 Å². The fraction of sp³-hybridized carbons (Fsp3) is 0.667. The lowest BCUT2D eigenvalue weighted by Crippen LogP contribution is -2.49.